The van der Waals surface area contributed by atoms with Crippen LogP contribution in [0, 0.1) is 10.8 Å². The first-order valence-electron chi connectivity index (χ1n) is 15.1. The number of nitrogens with one attached hydrogen (secondary N) is 1. The lowest BCUT2D eigenvalue weighted by molar-refractivity contribution is -0.132. The molecular weight excluding hydrogens is 522 g/mol. The molecule has 1 aromatic carbocycles. The van der Waals surface area contributed by atoms with Crippen LogP contribution in [0.5, 0.6) is 0 Å². The van der Waals surface area contributed by atoms with Gasteiger partial charge in [-0.05, 0) is 99.4 Å². The lowest BCUT2D eigenvalue weighted by atomic mass is 9.49. The number of anilines is 1. The average Bonchev–Trinajstić information content (AvgIpc) is 3.51. The number of amides is 1. The van der Waals surface area contributed by atoms with Gasteiger partial charge in [-0.15, -0.1) is 0 Å². The summed E-state index contributed by atoms with van der Waals surface area (Å²) in [5.74, 6) is 1.78. The van der Waals surface area contributed by atoms with Crippen molar-refractivity contribution in [2.24, 2.45) is 10.8 Å². The second-order valence-corrected chi connectivity index (χ2v) is 13.0. The van der Waals surface area contributed by atoms with Gasteiger partial charge in [0.05, 0.1) is 12.5 Å². The Kier molecular flexibility index (Phi) is 6.47. The predicted molar refractivity (Wildman–Crippen MR) is 148 cm³/mol. The van der Waals surface area contributed by atoms with Gasteiger partial charge in [-0.25, -0.2) is 4.79 Å². The average molecular weight is 560 g/mol. The summed E-state index contributed by atoms with van der Waals surface area (Å²) in [5.41, 5.74) is 1.14. The zero-order valence-electron chi connectivity index (χ0n) is 23.6. The quantitative estimate of drug-likeness (QED) is 0.313. The number of methoxy groups -OCH3 is 1. The van der Waals surface area contributed by atoms with Crippen molar-refractivity contribution in [3.8, 4) is 11.5 Å². The fraction of sp³-hybridized carbons (Fsp3) is 0.613. The number of hydrogen-bond acceptors (Lipinski definition) is 9. The molecule has 10 heteroatoms. The summed E-state index contributed by atoms with van der Waals surface area (Å²) in [6.07, 6.45) is 15.0. The molecule has 5 aliphatic carbocycles. The molecule has 0 spiro atoms. The van der Waals surface area contributed by atoms with Gasteiger partial charge in [0.15, 0.2) is 5.82 Å². The number of nitrogens with zero attached hydrogens (tertiary/aromatic N) is 4. The van der Waals surface area contributed by atoms with Crippen molar-refractivity contribution in [1.82, 2.24) is 20.3 Å². The van der Waals surface area contributed by atoms with Crippen LogP contribution >= 0.6 is 0 Å². The van der Waals surface area contributed by atoms with E-state index in [1.807, 2.05) is 24.3 Å². The molecule has 3 aromatic rings. The summed E-state index contributed by atoms with van der Waals surface area (Å²) >= 11 is 0. The van der Waals surface area contributed by atoms with E-state index in [1.54, 1.807) is 0 Å². The Morgan fingerprint density at radius 2 is 1.71 bits per heavy atom. The molecule has 2 bridgehead atoms. The van der Waals surface area contributed by atoms with Gasteiger partial charge in [0, 0.05) is 22.6 Å². The van der Waals surface area contributed by atoms with Gasteiger partial charge in [0.1, 0.15) is 0 Å². The number of ether oxygens (including phenoxy) is 1. The number of hydrogen-bond donors (Lipinski definition) is 1. The largest absolute Gasteiger partial charge is 0.463 e. The van der Waals surface area contributed by atoms with Crippen LogP contribution in [0.15, 0.2) is 33.3 Å². The lowest BCUT2D eigenvalue weighted by Crippen LogP contribution is -2.49. The van der Waals surface area contributed by atoms with Crippen molar-refractivity contribution in [2.75, 3.05) is 12.4 Å². The van der Waals surface area contributed by atoms with Crippen molar-refractivity contribution < 1.29 is 23.4 Å². The number of rotatable bonds is 8. The van der Waals surface area contributed by atoms with E-state index in [4.69, 9.17) is 14.0 Å². The SMILES string of the molecule is COC(=O)c1noc(-c2cccc(NC(=O)C3(CC45CCC(c6nc(C7CC7)no6)(CC4)CC5)CCCCC3)c2)n1. The first-order chi connectivity index (χ1) is 19.9. The highest BCUT2D eigenvalue weighted by atomic mass is 16.5. The minimum atomic E-state index is -0.661. The molecule has 2 aromatic heterocycles. The second-order valence-electron chi connectivity index (χ2n) is 13.0. The molecule has 5 aliphatic rings. The van der Waals surface area contributed by atoms with Gasteiger partial charge in [-0.1, -0.05) is 30.5 Å². The molecule has 0 saturated heterocycles. The molecule has 5 saturated carbocycles. The fourth-order valence-electron chi connectivity index (χ4n) is 7.75. The molecule has 0 atom stereocenters. The summed E-state index contributed by atoms with van der Waals surface area (Å²) in [6, 6.07) is 7.35. The Morgan fingerprint density at radius 3 is 2.41 bits per heavy atom. The van der Waals surface area contributed by atoms with Crippen LogP contribution in [0.1, 0.15) is 118 Å². The molecular formula is C31H37N5O5. The summed E-state index contributed by atoms with van der Waals surface area (Å²) in [5, 5.41) is 11.3. The Hall–Kier alpha value is -3.56. The van der Waals surface area contributed by atoms with Gasteiger partial charge < -0.3 is 19.1 Å². The smallest absolute Gasteiger partial charge is 0.379 e. The lowest BCUT2D eigenvalue weighted by Gasteiger charge is -2.55. The molecule has 5 fully saturated rings. The van der Waals surface area contributed by atoms with Gasteiger partial charge in [-0.2, -0.15) is 9.97 Å². The number of fused-ring (bicyclic) bond motifs is 3. The summed E-state index contributed by atoms with van der Waals surface area (Å²) in [6.45, 7) is 0. The Bertz CT molecular complexity index is 1430. The zero-order valence-corrected chi connectivity index (χ0v) is 23.6. The maximum atomic E-state index is 14.1. The molecule has 10 nitrogen and oxygen atoms in total. The predicted octanol–water partition coefficient (Wildman–Crippen LogP) is 6.35. The van der Waals surface area contributed by atoms with E-state index in [0.717, 1.165) is 82.3 Å². The number of carbonyl (C=O) groups excluding carboxylic acids is 2. The molecule has 2 heterocycles. The number of esters is 1. The van der Waals surface area contributed by atoms with E-state index in [-0.39, 0.29) is 33.9 Å². The van der Waals surface area contributed by atoms with Gasteiger partial charge in [0.2, 0.25) is 11.8 Å². The third-order valence-corrected chi connectivity index (χ3v) is 10.4. The fourth-order valence-corrected chi connectivity index (χ4v) is 7.75. The molecule has 1 N–H and O–H groups in total. The molecule has 1 amide bonds. The molecule has 8 rings (SSSR count). The van der Waals surface area contributed by atoms with Crippen LogP contribution in [0.25, 0.3) is 11.5 Å². The van der Waals surface area contributed by atoms with Crippen LogP contribution in [0.3, 0.4) is 0 Å². The van der Waals surface area contributed by atoms with Gasteiger partial charge in [0.25, 0.3) is 11.7 Å². The standard InChI is InChI=1S/C31H37N5O5/c1-39-26(37)24-33-25(40-36-24)21-6-5-7-22(18-21)32-27(38)31(10-3-2-4-11-31)19-29-12-15-30(16-13-29,17-14-29)28-34-23(35-41-28)20-8-9-20/h5-7,18,20H,2-4,8-17,19H2,1H3,(H,32,38). The maximum absolute atomic E-state index is 14.1. The van der Waals surface area contributed by atoms with E-state index in [2.05, 4.69) is 25.4 Å². The molecule has 0 radical (unpaired) electrons. The normalized spacial score (nSPS) is 27.0. The van der Waals surface area contributed by atoms with Crippen molar-refractivity contribution in [2.45, 2.75) is 101 Å². The Labute approximate surface area is 239 Å². The van der Waals surface area contributed by atoms with Crippen molar-refractivity contribution in [3.63, 3.8) is 0 Å². The van der Waals surface area contributed by atoms with E-state index >= 15 is 0 Å². The number of aromatic nitrogens is 4. The first kappa shape index (κ1) is 26.3. The van der Waals surface area contributed by atoms with E-state index in [1.165, 1.54) is 26.4 Å². The van der Waals surface area contributed by atoms with E-state index in [9.17, 15) is 9.59 Å². The van der Waals surface area contributed by atoms with Crippen molar-refractivity contribution >= 4 is 17.6 Å². The van der Waals surface area contributed by atoms with Crippen molar-refractivity contribution in [3.05, 3.63) is 41.8 Å². The molecule has 0 aliphatic heterocycles. The van der Waals surface area contributed by atoms with Gasteiger partial charge in [-0.3, -0.25) is 4.79 Å². The molecule has 41 heavy (non-hydrogen) atoms. The Morgan fingerprint density at radius 1 is 0.951 bits per heavy atom. The number of carbonyl (C=O) groups is 2. The van der Waals surface area contributed by atoms with E-state index < -0.39 is 5.97 Å². The highest BCUT2D eigenvalue weighted by Gasteiger charge is 2.56. The Balaban J connectivity index is 1.07. The van der Waals surface area contributed by atoms with Crippen molar-refractivity contribution in [1.29, 1.82) is 0 Å². The minimum absolute atomic E-state index is 0.0206. The zero-order chi connectivity index (χ0) is 28.1. The summed E-state index contributed by atoms with van der Waals surface area (Å²) < 4.78 is 15.8. The first-order valence-corrected chi connectivity index (χ1v) is 15.1. The molecule has 0 unspecified atom stereocenters. The monoisotopic (exact) mass is 559 g/mol. The molecule has 216 valence electrons. The summed E-state index contributed by atoms with van der Waals surface area (Å²) in [4.78, 5) is 34.8. The summed E-state index contributed by atoms with van der Waals surface area (Å²) in [7, 11) is 1.27. The number of benzene rings is 1. The highest BCUT2D eigenvalue weighted by molar-refractivity contribution is 5.96. The highest BCUT2D eigenvalue weighted by Crippen LogP contribution is 2.62. The van der Waals surface area contributed by atoms with Crippen LogP contribution in [0.4, 0.5) is 5.69 Å². The van der Waals surface area contributed by atoms with Crippen LogP contribution < -0.4 is 5.32 Å². The topological polar surface area (TPSA) is 133 Å². The third-order valence-electron chi connectivity index (χ3n) is 10.4. The van der Waals surface area contributed by atoms with E-state index in [0.29, 0.717) is 17.2 Å². The van der Waals surface area contributed by atoms with Gasteiger partial charge >= 0.3 is 5.97 Å². The van der Waals surface area contributed by atoms with Crippen LogP contribution in [0.2, 0.25) is 0 Å². The van der Waals surface area contributed by atoms with Crippen LogP contribution in [-0.2, 0) is 14.9 Å². The maximum Gasteiger partial charge on any atom is 0.379 e. The second kappa shape index (κ2) is 10.1. The minimum Gasteiger partial charge on any atom is -0.463 e. The third kappa shape index (κ3) is 4.85. The van der Waals surface area contributed by atoms with Crippen LogP contribution in [-0.4, -0.2) is 39.3 Å².